The Bertz CT molecular complexity index is 525. The van der Waals surface area contributed by atoms with Gasteiger partial charge in [-0.1, -0.05) is 13.0 Å². The third kappa shape index (κ3) is 3.75. The highest BCUT2D eigenvalue weighted by molar-refractivity contribution is 5.33. The van der Waals surface area contributed by atoms with E-state index in [4.69, 9.17) is 4.74 Å². The Morgan fingerprint density at radius 3 is 2.67 bits per heavy atom. The van der Waals surface area contributed by atoms with Crippen molar-refractivity contribution in [2.75, 3.05) is 13.2 Å². The van der Waals surface area contributed by atoms with E-state index >= 15 is 0 Å². The van der Waals surface area contributed by atoms with Crippen LogP contribution in [0.3, 0.4) is 0 Å². The lowest BCUT2D eigenvalue weighted by atomic mass is 10.0. The molecule has 0 fully saturated rings. The van der Waals surface area contributed by atoms with Crippen LogP contribution in [0.4, 0.5) is 17.6 Å². The number of hydrogen-bond acceptors (Lipinski definition) is 2. The van der Waals surface area contributed by atoms with Gasteiger partial charge in [0.25, 0.3) is 0 Å². The average molecular weight is 303 g/mol. The predicted octanol–water partition coefficient (Wildman–Crippen LogP) is 4.19. The summed E-state index contributed by atoms with van der Waals surface area (Å²) < 4.78 is 57.3. The first kappa shape index (κ1) is 15.8. The summed E-state index contributed by atoms with van der Waals surface area (Å²) in [4.78, 5) is 0. The van der Waals surface area contributed by atoms with Gasteiger partial charge >= 0.3 is 6.18 Å². The van der Waals surface area contributed by atoms with Crippen molar-refractivity contribution in [1.82, 2.24) is 5.32 Å². The van der Waals surface area contributed by atoms with Gasteiger partial charge in [-0.05, 0) is 36.7 Å². The van der Waals surface area contributed by atoms with Crippen LogP contribution in [-0.2, 0) is 10.9 Å². The number of alkyl halides is 3. The molecule has 0 spiro atoms. The van der Waals surface area contributed by atoms with Crippen LogP contribution in [0.5, 0.6) is 0 Å². The molecule has 0 aliphatic carbocycles. The van der Waals surface area contributed by atoms with Crippen LogP contribution in [0.2, 0.25) is 0 Å². The molecule has 2 nitrogen and oxygen atoms in total. The predicted molar refractivity (Wildman–Crippen MR) is 71.1 cm³/mol. The zero-order chi connectivity index (χ0) is 15.5. The van der Waals surface area contributed by atoms with E-state index in [1.165, 1.54) is 6.07 Å². The molecule has 0 saturated carbocycles. The summed E-state index contributed by atoms with van der Waals surface area (Å²) in [5.41, 5.74) is -0.896. The van der Waals surface area contributed by atoms with Gasteiger partial charge in [-0.3, -0.25) is 0 Å². The third-order valence-electron chi connectivity index (χ3n) is 3.24. The maximum atomic E-state index is 13.4. The summed E-state index contributed by atoms with van der Waals surface area (Å²) in [7, 11) is 0. The molecular formula is C15H17F4NO. The number of hydrogen-bond donors (Lipinski definition) is 1. The van der Waals surface area contributed by atoms with Gasteiger partial charge in [-0.15, -0.1) is 0 Å². The number of benzene rings is 1. The van der Waals surface area contributed by atoms with Crippen molar-refractivity contribution in [1.29, 1.82) is 0 Å². The van der Waals surface area contributed by atoms with Crippen molar-refractivity contribution in [2.24, 2.45) is 0 Å². The van der Waals surface area contributed by atoms with E-state index in [2.05, 4.69) is 5.32 Å². The van der Waals surface area contributed by atoms with Gasteiger partial charge in [-0.25, -0.2) is 4.39 Å². The fourth-order valence-corrected chi connectivity index (χ4v) is 2.25. The Kier molecular flexibility index (Phi) is 4.88. The Balaban J connectivity index is 2.35. The first-order valence-corrected chi connectivity index (χ1v) is 6.86. The molecule has 1 aliphatic rings. The molecule has 0 saturated heterocycles. The normalized spacial score (nSPS) is 16.5. The molecule has 0 bridgehead atoms. The second-order valence-electron chi connectivity index (χ2n) is 4.87. The molecule has 6 heteroatoms. The van der Waals surface area contributed by atoms with E-state index in [1.54, 1.807) is 0 Å². The van der Waals surface area contributed by atoms with Crippen LogP contribution in [0.25, 0.3) is 0 Å². The molecule has 0 amide bonds. The van der Waals surface area contributed by atoms with Gasteiger partial charge in [0.15, 0.2) is 0 Å². The molecule has 1 N–H and O–H groups in total. The monoisotopic (exact) mass is 303 g/mol. The van der Waals surface area contributed by atoms with Crippen LogP contribution in [0.15, 0.2) is 30.0 Å². The Hall–Kier alpha value is -1.56. The van der Waals surface area contributed by atoms with Crippen LogP contribution in [0, 0.1) is 5.82 Å². The minimum absolute atomic E-state index is 0.352. The number of nitrogens with one attached hydrogen (secondary N) is 1. The molecule has 1 aromatic carbocycles. The lowest BCUT2D eigenvalue weighted by Gasteiger charge is -2.21. The summed E-state index contributed by atoms with van der Waals surface area (Å²) in [5.74, 6) is -0.662. The summed E-state index contributed by atoms with van der Waals surface area (Å²) in [5, 5.41) is 3.14. The molecule has 1 aromatic rings. The zero-order valence-corrected chi connectivity index (χ0v) is 11.6. The zero-order valence-electron chi connectivity index (χ0n) is 11.6. The maximum Gasteiger partial charge on any atom is 0.419 e. The second kappa shape index (κ2) is 6.47. The van der Waals surface area contributed by atoms with Crippen molar-refractivity contribution in [2.45, 2.75) is 32.0 Å². The highest BCUT2D eigenvalue weighted by Gasteiger charge is 2.35. The molecule has 1 aliphatic heterocycles. The number of rotatable bonds is 5. The summed E-state index contributed by atoms with van der Waals surface area (Å²) in [6.07, 6.45) is -1.30. The molecule has 1 unspecified atom stereocenters. The number of halogens is 4. The molecule has 21 heavy (non-hydrogen) atoms. The van der Waals surface area contributed by atoms with Crippen LogP contribution >= 0.6 is 0 Å². The minimum Gasteiger partial charge on any atom is -0.496 e. The minimum atomic E-state index is -4.71. The standard InChI is InChI=1S/C15H17F4NO/c1-2-7-20-14(13-4-3-8-21-13)10-5-6-12(16)11(9-10)15(17,18)19/h4-6,9,14,20H,2-3,7-8H2,1H3. The fourth-order valence-electron chi connectivity index (χ4n) is 2.25. The van der Waals surface area contributed by atoms with Gasteiger partial charge in [0.1, 0.15) is 11.6 Å². The topological polar surface area (TPSA) is 21.3 Å². The van der Waals surface area contributed by atoms with E-state index in [-0.39, 0.29) is 0 Å². The van der Waals surface area contributed by atoms with Crippen molar-refractivity contribution in [3.05, 3.63) is 47.0 Å². The second-order valence-corrected chi connectivity index (χ2v) is 4.87. The van der Waals surface area contributed by atoms with Crippen molar-refractivity contribution < 1.29 is 22.3 Å². The summed E-state index contributed by atoms with van der Waals surface area (Å²) in [6, 6.07) is 2.59. The SMILES string of the molecule is CCCNC(C1=CCCO1)c1ccc(F)c(C(F)(F)F)c1. The molecule has 116 valence electrons. The third-order valence-corrected chi connectivity index (χ3v) is 3.24. The van der Waals surface area contributed by atoms with E-state index in [1.807, 2.05) is 13.0 Å². The van der Waals surface area contributed by atoms with Gasteiger partial charge < -0.3 is 10.1 Å². The van der Waals surface area contributed by atoms with E-state index in [0.29, 0.717) is 24.5 Å². The fraction of sp³-hybridized carbons (Fsp3) is 0.467. The molecule has 2 rings (SSSR count). The molecule has 1 heterocycles. The lowest BCUT2D eigenvalue weighted by Crippen LogP contribution is -2.25. The Morgan fingerprint density at radius 2 is 2.10 bits per heavy atom. The van der Waals surface area contributed by atoms with Gasteiger partial charge in [0.2, 0.25) is 0 Å². The summed E-state index contributed by atoms with van der Waals surface area (Å²) in [6.45, 7) is 3.11. The molecular weight excluding hydrogens is 286 g/mol. The highest BCUT2D eigenvalue weighted by Crippen LogP contribution is 2.35. The van der Waals surface area contributed by atoms with Gasteiger partial charge in [0, 0.05) is 6.42 Å². The van der Waals surface area contributed by atoms with Crippen molar-refractivity contribution in [3.8, 4) is 0 Å². The molecule has 0 aromatic heterocycles. The Labute approximate surface area is 120 Å². The lowest BCUT2D eigenvalue weighted by molar-refractivity contribution is -0.140. The highest BCUT2D eigenvalue weighted by atomic mass is 19.4. The van der Waals surface area contributed by atoms with E-state index in [9.17, 15) is 17.6 Å². The smallest absolute Gasteiger partial charge is 0.419 e. The Morgan fingerprint density at radius 1 is 1.33 bits per heavy atom. The van der Waals surface area contributed by atoms with Crippen LogP contribution < -0.4 is 5.32 Å². The van der Waals surface area contributed by atoms with E-state index in [0.717, 1.165) is 25.0 Å². The molecule has 1 atom stereocenters. The van der Waals surface area contributed by atoms with Gasteiger partial charge in [-0.2, -0.15) is 13.2 Å². The largest absolute Gasteiger partial charge is 0.496 e. The first-order chi connectivity index (χ1) is 9.93. The quantitative estimate of drug-likeness (QED) is 0.824. The van der Waals surface area contributed by atoms with Crippen LogP contribution in [0.1, 0.15) is 36.9 Å². The first-order valence-electron chi connectivity index (χ1n) is 6.86. The maximum absolute atomic E-state index is 13.4. The molecule has 0 radical (unpaired) electrons. The number of ether oxygens (including phenoxy) is 1. The van der Waals surface area contributed by atoms with Crippen molar-refractivity contribution in [3.63, 3.8) is 0 Å². The van der Waals surface area contributed by atoms with Crippen LogP contribution in [-0.4, -0.2) is 13.2 Å². The van der Waals surface area contributed by atoms with E-state index < -0.39 is 23.6 Å². The van der Waals surface area contributed by atoms with Gasteiger partial charge in [0.05, 0.1) is 18.2 Å². The van der Waals surface area contributed by atoms with Crippen molar-refractivity contribution >= 4 is 0 Å². The summed E-state index contributed by atoms with van der Waals surface area (Å²) >= 11 is 0. The average Bonchev–Trinajstić information content (AvgIpc) is 2.93.